The largest absolute Gasteiger partial charge is 0.496 e. The molecular formula is C17H19BrClNO. The maximum Gasteiger partial charge on any atom is 0.122 e. The molecule has 4 heteroatoms. The maximum absolute atomic E-state index is 6.28. The van der Waals surface area contributed by atoms with Crippen molar-refractivity contribution in [3.8, 4) is 5.75 Å². The molecule has 2 nitrogen and oxygen atoms in total. The number of methoxy groups -OCH3 is 1. The molecule has 2 rings (SSSR count). The van der Waals surface area contributed by atoms with Gasteiger partial charge in [-0.15, -0.1) is 0 Å². The Morgan fingerprint density at radius 2 is 2.00 bits per heavy atom. The summed E-state index contributed by atoms with van der Waals surface area (Å²) >= 11 is 9.70. The highest BCUT2D eigenvalue weighted by molar-refractivity contribution is 9.10. The molecule has 0 saturated heterocycles. The number of hydrogen-bond acceptors (Lipinski definition) is 2. The summed E-state index contributed by atoms with van der Waals surface area (Å²) in [5.74, 6) is 0.939. The molecule has 0 aliphatic heterocycles. The van der Waals surface area contributed by atoms with Gasteiger partial charge in [-0.3, -0.25) is 0 Å². The summed E-state index contributed by atoms with van der Waals surface area (Å²) in [7, 11) is 1.70. The van der Waals surface area contributed by atoms with E-state index < -0.39 is 0 Å². The standard InChI is InChI=1S/C17H19BrClNO/c1-12(15-8-7-14(18)11-16(15)19)20-10-9-13-5-3-4-6-17(13)21-2/h3-8,11-12,20H,9-10H2,1-2H3. The molecule has 0 aromatic heterocycles. The van der Waals surface area contributed by atoms with Crippen LogP contribution < -0.4 is 10.1 Å². The number of hydrogen-bond donors (Lipinski definition) is 1. The lowest BCUT2D eigenvalue weighted by molar-refractivity contribution is 0.408. The molecule has 0 saturated carbocycles. The number of nitrogens with one attached hydrogen (secondary N) is 1. The van der Waals surface area contributed by atoms with Gasteiger partial charge in [0.25, 0.3) is 0 Å². The summed E-state index contributed by atoms with van der Waals surface area (Å²) in [5, 5.41) is 4.28. The lowest BCUT2D eigenvalue weighted by atomic mass is 10.1. The van der Waals surface area contributed by atoms with Crippen LogP contribution in [0.25, 0.3) is 0 Å². The molecule has 0 spiro atoms. The molecule has 0 fully saturated rings. The summed E-state index contributed by atoms with van der Waals surface area (Å²) in [6.45, 7) is 2.99. The van der Waals surface area contributed by atoms with Gasteiger partial charge in [0.15, 0.2) is 0 Å². The summed E-state index contributed by atoms with van der Waals surface area (Å²) in [4.78, 5) is 0. The zero-order chi connectivity index (χ0) is 15.2. The molecule has 0 amide bonds. The van der Waals surface area contributed by atoms with Crippen molar-refractivity contribution >= 4 is 27.5 Å². The Kier molecular flexibility index (Phi) is 6.09. The van der Waals surface area contributed by atoms with Crippen molar-refractivity contribution < 1.29 is 4.74 Å². The molecule has 1 unspecified atom stereocenters. The van der Waals surface area contributed by atoms with Crippen LogP contribution in [0.5, 0.6) is 5.75 Å². The quantitative estimate of drug-likeness (QED) is 0.774. The average Bonchev–Trinajstić information content (AvgIpc) is 2.47. The van der Waals surface area contributed by atoms with Gasteiger partial charge in [-0.1, -0.05) is 51.8 Å². The monoisotopic (exact) mass is 367 g/mol. The second kappa shape index (κ2) is 7.83. The van der Waals surface area contributed by atoms with Crippen molar-refractivity contribution in [1.82, 2.24) is 5.32 Å². The van der Waals surface area contributed by atoms with Crippen molar-refractivity contribution in [3.05, 3.63) is 63.1 Å². The van der Waals surface area contributed by atoms with E-state index in [9.17, 15) is 0 Å². The van der Waals surface area contributed by atoms with E-state index >= 15 is 0 Å². The Balaban J connectivity index is 1.93. The van der Waals surface area contributed by atoms with Crippen molar-refractivity contribution in [2.75, 3.05) is 13.7 Å². The highest BCUT2D eigenvalue weighted by Gasteiger charge is 2.10. The van der Waals surface area contributed by atoms with E-state index in [1.54, 1.807) is 7.11 Å². The molecule has 0 heterocycles. The van der Waals surface area contributed by atoms with Crippen molar-refractivity contribution in [3.63, 3.8) is 0 Å². The number of benzene rings is 2. The van der Waals surface area contributed by atoms with Crippen LogP contribution in [-0.2, 0) is 6.42 Å². The van der Waals surface area contributed by atoms with Gasteiger partial charge in [-0.2, -0.15) is 0 Å². The first-order valence-electron chi connectivity index (χ1n) is 6.92. The zero-order valence-electron chi connectivity index (χ0n) is 12.2. The molecular weight excluding hydrogens is 350 g/mol. The predicted octanol–water partition coefficient (Wildman–Crippen LogP) is 5.00. The van der Waals surface area contributed by atoms with Crippen LogP contribution in [-0.4, -0.2) is 13.7 Å². The Morgan fingerprint density at radius 1 is 1.24 bits per heavy atom. The van der Waals surface area contributed by atoms with Crippen LogP contribution in [0.15, 0.2) is 46.9 Å². The van der Waals surface area contributed by atoms with Gasteiger partial charge in [0, 0.05) is 15.5 Å². The summed E-state index contributed by atoms with van der Waals surface area (Å²) in [5.41, 5.74) is 2.32. The third kappa shape index (κ3) is 4.47. The first kappa shape index (κ1) is 16.3. The van der Waals surface area contributed by atoms with E-state index in [2.05, 4.69) is 34.2 Å². The molecule has 2 aromatic carbocycles. The zero-order valence-corrected chi connectivity index (χ0v) is 14.5. The normalized spacial score (nSPS) is 12.2. The Labute approximate surface area is 139 Å². The van der Waals surface area contributed by atoms with E-state index in [4.69, 9.17) is 16.3 Å². The summed E-state index contributed by atoms with van der Waals surface area (Å²) in [6, 6.07) is 14.3. The second-order valence-electron chi connectivity index (χ2n) is 4.90. The number of para-hydroxylation sites is 1. The maximum atomic E-state index is 6.28. The van der Waals surface area contributed by atoms with Crippen molar-refractivity contribution in [1.29, 1.82) is 0 Å². The third-order valence-corrected chi connectivity index (χ3v) is 4.29. The summed E-state index contributed by atoms with van der Waals surface area (Å²) in [6.07, 6.45) is 0.919. The fourth-order valence-corrected chi connectivity index (χ4v) is 3.13. The first-order chi connectivity index (χ1) is 10.1. The Morgan fingerprint density at radius 3 is 2.71 bits per heavy atom. The van der Waals surface area contributed by atoms with Crippen LogP contribution in [0.2, 0.25) is 5.02 Å². The molecule has 0 aliphatic rings. The molecule has 112 valence electrons. The third-order valence-electron chi connectivity index (χ3n) is 3.47. The SMILES string of the molecule is COc1ccccc1CCNC(C)c1ccc(Br)cc1Cl. The molecule has 0 bridgehead atoms. The van der Waals surface area contributed by atoms with Crippen LogP contribution in [0, 0.1) is 0 Å². The minimum Gasteiger partial charge on any atom is -0.496 e. The second-order valence-corrected chi connectivity index (χ2v) is 6.23. The molecule has 21 heavy (non-hydrogen) atoms. The van der Waals surface area contributed by atoms with Gasteiger partial charge in [-0.25, -0.2) is 0 Å². The smallest absolute Gasteiger partial charge is 0.122 e. The van der Waals surface area contributed by atoms with Crippen LogP contribution >= 0.6 is 27.5 Å². The van der Waals surface area contributed by atoms with Crippen LogP contribution in [0.4, 0.5) is 0 Å². The van der Waals surface area contributed by atoms with Gasteiger partial charge in [0.2, 0.25) is 0 Å². The van der Waals surface area contributed by atoms with Gasteiger partial charge in [-0.05, 0) is 49.2 Å². The Bertz CT molecular complexity index is 603. The van der Waals surface area contributed by atoms with E-state index in [0.717, 1.165) is 33.8 Å². The lowest BCUT2D eigenvalue weighted by Gasteiger charge is -2.16. The van der Waals surface area contributed by atoms with Crippen molar-refractivity contribution in [2.45, 2.75) is 19.4 Å². The van der Waals surface area contributed by atoms with Gasteiger partial charge >= 0.3 is 0 Å². The molecule has 1 atom stereocenters. The highest BCUT2D eigenvalue weighted by atomic mass is 79.9. The molecule has 2 aromatic rings. The highest BCUT2D eigenvalue weighted by Crippen LogP contribution is 2.26. The van der Waals surface area contributed by atoms with E-state index in [-0.39, 0.29) is 6.04 Å². The summed E-state index contributed by atoms with van der Waals surface area (Å²) < 4.78 is 6.36. The predicted molar refractivity (Wildman–Crippen MR) is 92.3 cm³/mol. The first-order valence-corrected chi connectivity index (χ1v) is 8.09. The molecule has 0 aliphatic carbocycles. The number of ether oxygens (including phenoxy) is 1. The van der Waals surface area contributed by atoms with E-state index in [1.165, 1.54) is 5.56 Å². The number of halogens is 2. The fourth-order valence-electron chi connectivity index (χ4n) is 2.30. The molecule has 1 N–H and O–H groups in total. The minimum absolute atomic E-state index is 0.209. The lowest BCUT2D eigenvalue weighted by Crippen LogP contribution is -2.21. The van der Waals surface area contributed by atoms with Crippen molar-refractivity contribution in [2.24, 2.45) is 0 Å². The van der Waals surface area contributed by atoms with Gasteiger partial charge in [0.05, 0.1) is 7.11 Å². The number of rotatable bonds is 6. The van der Waals surface area contributed by atoms with Gasteiger partial charge in [0.1, 0.15) is 5.75 Å². The Hall–Kier alpha value is -1.03. The van der Waals surface area contributed by atoms with Gasteiger partial charge < -0.3 is 10.1 Å². The topological polar surface area (TPSA) is 21.3 Å². The van der Waals surface area contributed by atoms with E-state index in [0.29, 0.717) is 0 Å². The minimum atomic E-state index is 0.209. The molecule has 0 radical (unpaired) electrons. The van der Waals surface area contributed by atoms with E-state index in [1.807, 2.05) is 36.4 Å². The fraction of sp³-hybridized carbons (Fsp3) is 0.294. The van der Waals surface area contributed by atoms with Crippen LogP contribution in [0.3, 0.4) is 0 Å². The average molecular weight is 369 g/mol. The van der Waals surface area contributed by atoms with Crippen LogP contribution in [0.1, 0.15) is 24.1 Å².